The number of hydrogen-bond donors (Lipinski definition) is 1. The van der Waals surface area contributed by atoms with Crippen LogP contribution in [0, 0.1) is 0 Å². The summed E-state index contributed by atoms with van der Waals surface area (Å²) in [6.45, 7) is 7.21. The second-order valence-corrected chi connectivity index (χ2v) is 6.60. The van der Waals surface area contributed by atoms with Gasteiger partial charge in [-0.25, -0.2) is 0 Å². The van der Waals surface area contributed by atoms with E-state index in [1.54, 1.807) is 0 Å². The summed E-state index contributed by atoms with van der Waals surface area (Å²) in [6.07, 6.45) is 4.38. The molecule has 0 unspecified atom stereocenters. The van der Waals surface area contributed by atoms with E-state index in [2.05, 4.69) is 46.4 Å². The van der Waals surface area contributed by atoms with Crippen molar-refractivity contribution in [2.24, 2.45) is 0 Å². The molecule has 4 nitrogen and oxygen atoms in total. The van der Waals surface area contributed by atoms with Crippen LogP contribution in [0.5, 0.6) is 0 Å². The van der Waals surface area contributed by atoms with Crippen molar-refractivity contribution in [3.05, 3.63) is 29.8 Å². The molecule has 122 valence electrons. The van der Waals surface area contributed by atoms with Crippen LogP contribution >= 0.6 is 0 Å². The Labute approximate surface area is 134 Å². The van der Waals surface area contributed by atoms with E-state index in [1.165, 1.54) is 43.6 Å². The first-order chi connectivity index (χ1) is 10.8. The summed E-state index contributed by atoms with van der Waals surface area (Å²) in [5, 5.41) is 3.53. The van der Waals surface area contributed by atoms with Crippen LogP contribution in [0.1, 0.15) is 24.8 Å². The van der Waals surface area contributed by atoms with Crippen LogP contribution in [-0.4, -0.2) is 57.4 Å². The monoisotopic (exact) mass is 303 g/mol. The van der Waals surface area contributed by atoms with E-state index in [0.29, 0.717) is 6.10 Å². The number of likely N-dealkylation sites (N-methyl/N-ethyl adjacent to an activating group) is 1. The van der Waals surface area contributed by atoms with Gasteiger partial charge in [0.05, 0.1) is 12.7 Å². The number of benzene rings is 1. The molecule has 4 heteroatoms. The van der Waals surface area contributed by atoms with Crippen LogP contribution in [0.15, 0.2) is 24.3 Å². The highest BCUT2D eigenvalue weighted by Gasteiger charge is 2.16. The summed E-state index contributed by atoms with van der Waals surface area (Å²) >= 11 is 0. The molecule has 0 bridgehead atoms. The topological polar surface area (TPSA) is 27.7 Å². The molecular formula is C18H29N3O. The Hall–Kier alpha value is -1.10. The molecular weight excluding hydrogens is 274 g/mol. The van der Waals surface area contributed by atoms with Crippen molar-refractivity contribution in [2.45, 2.75) is 31.9 Å². The maximum atomic E-state index is 5.77. The normalized spacial score (nSPS) is 23.7. The summed E-state index contributed by atoms with van der Waals surface area (Å²) < 4.78 is 5.77. The predicted octanol–water partition coefficient (Wildman–Crippen LogP) is 2.10. The molecule has 1 aromatic rings. The summed E-state index contributed by atoms with van der Waals surface area (Å²) in [6, 6.07) is 9.05. The number of nitrogens with one attached hydrogen (secondary N) is 1. The van der Waals surface area contributed by atoms with E-state index in [0.717, 1.165) is 32.8 Å². The smallest absolute Gasteiger partial charge is 0.0826 e. The van der Waals surface area contributed by atoms with E-state index in [4.69, 9.17) is 4.74 Å². The van der Waals surface area contributed by atoms with Gasteiger partial charge in [0.25, 0.3) is 0 Å². The minimum Gasteiger partial charge on any atom is -0.374 e. The number of anilines is 1. The van der Waals surface area contributed by atoms with Crippen molar-refractivity contribution in [1.82, 2.24) is 10.2 Å². The third kappa shape index (κ3) is 4.45. The van der Waals surface area contributed by atoms with Gasteiger partial charge in [-0.05, 0) is 44.0 Å². The lowest BCUT2D eigenvalue weighted by Gasteiger charge is -2.30. The van der Waals surface area contributed by atoms with Crippen molar-refractivity contribution >= 4 is 5.69 Å². The molecule has 2 saturated heterocycles. The Balaban J connectivity index is 1.42. The molecule has 0 aromatic heterocycles. The third-order valence-electron chi connectivity index (χ3n) is 4.70. The van der Waals surface area contributed by atoms with Gasteiger partial charge in [0.15, 0.2) is 0 Å². The van der Waals surface area contributed by atoms with Crippen LogP contribution in [0.2, 0.25) is 0 Å². The summed E-state index contributed by atoms with van der Waals surface area (Å²) in [7, 11) is 2.16. The SMILES string of the molecule is CN1CCO[C@@H](CNCc2ccc(N3CCCCC3)cc2)C1. The van der Waals surface area contributed by atoms with Crippen LogP contribution in [0.3, 0.4) is 0 Å². The highest BCUT2D eigenvalue weighted by Crippen LogP contribution is 2.20. The van der Waals surface area contributed by atoms with Crippen molar-refractivity contribution in [3.63, 3.8) is 0 Å². The van der Waals surface area contributed by atoms with Gasteiger partial charge in [-0.15, -0.1) is 0 Å². The lowest BCUT2D eigenvalue weighted by molar-refractivity contribution is -0.0182. The first-order valence-electron chi connectivity index (χ1n) is 8.66. The second-order valence-electron chi connectivity index (χ2n) is 6.60. The molecule has 22 heavy (non-hydrogen) atoms. The van der Waals surface area contributed by atoms with E-state index < -0.39 is 0 Å². The van der Waals surface area contributed by atoms with Crippen LogP contribution in [0.4, 0.5) is 5.69 Å². The molecule has 0 amide bonds. The zero-order valence-electron chi connectivity index (χ0n) is 13.8. The Morgan fingerprint density at radius 2 is 1.86 bits per heavy atom. The number of nitrogens with zero attached hydrogens (tertiary/aromatic N) is 2. The van der Waals surface area contributed by atoms with Crippen molar-refractivity contribution in [3.8, 4) is 0 Å². The second kappa shape index (κ2) is 7.95. The molecule has 3 rings (SSSR count). The zero-order chi connectivity index (χ0) is 15.2. The van der Waals surface area contributed by atoms with Crippen LogP contribution in [-0.2, 0) is 11.3 Å². The Kier molecular flexibility index (Phi) is 5.70. The summed E-state index contributed by atoms with van der Waals surface area (Å²) in [5.74, 6) is 0. The van der Waals surface area contributed by atoms with E-state index in [9.17, 15) is 0 Å². The van der Waals surface area contributed by atoms with Crippen LogP contribution in [0.25, 0.3) is 0 Å². The highest BCUT2D eigenvalue weighted by atomic mass is 16.5. The van der Waals surface area contributed by atoms with E-state index in [-0.39, 0.29) is 0 Å². The fourth-order valence-corrected chi connectivity index (χ4v) is 3.34. The van der Waals surface area contributed by atoms with Gasteiger partial charge >= 0.3 is 0 Å². The summed E-state index contributed by atoms with van der Waals surface area (Å²) in [5.41, 5.74) is 2.73. The maximum Gasteiger partial charge on any atom is 0.0826 e. The average molecular weight is 303 g/mol. The summed E-state index contributed by atoms with van der Waals surface area (Å²) in [4.78, 5) is 4.84. The molecule has 2 aliphatic rings. The number of morpholine rings is 1. The molecule has 0 aliphatic carbocycles. The fourth-order valence-electron chi connectivity index (χ4n) is 3.34. The van der Waals surface area contributed by atoms with Crippen molar-refractivity contribution in [2.75, 3.05) is 51.3 Å². The number of piperidine rings is 1. The van der Waals surface area contributed by atoms with E-state index >= 15 is 0 Å². The number of hydrogen-bond acceptors (Lipinski definition) is 4. The molecule has 2 fully saturated rings. The minimum atomic E-state index is 0.325. The molecule has 2 heterocycles. The van der Waals surface area contributed by atoms with Gasteiger partial charge in [0.2, 0.25) is 0 Å². The molecule has 0 saturated carbocycles. The van der Waals surface area contributed by atoms with Gasteiger partial charge in [0.1, 0.15) is 0 Å². The van der Waals surface area contributed by atoms with Gasteiger partial charge in [-0.3, -0.25) is 0 Å². The fraction of sp³-hybridized carbons (Fsp3) is 0.667. The quantitative estimate of drug-likeness (QED) is 0.901. The number of rotatable bonds is 5. The van der Waals surface area contributed by atoms with Crippen molar-refractivity contribution in [1.29, 1.82) is 0 Å². The predicted molar refractivity (Wildman–Crippen MR) is 91.4 cm³/mol. The van der Waals surface area contributed by atoms with Crippen molar-refractivity contribution < 1.29 is 4.74 Å². The zero-order valence-corrected chi connectivity index (χ0v) is 13.8. The number of ether oxygens (including phenoxy) is 1. The molecule has 1 N–H and O–H groups in total. The lowest BCUT2D eigenvalue weighted by atomic mass is 10.1. The third-order valence-corrected chi connectivity index (χ3v) is 4.70. The highest BCUT2D eigenvalue weighted by molar-refractivity contribution is 5.47. The molecule has 1 aromatic carbocycles. The maximum absolute atomic E-state index is 5.77. The van der Waals surface area contributed by atoms with Gasteiger partial charge < -0.3 is 19.9 Å². The Morgan fingerprint density at radius 3 is 2.59 bits per heavy atom. The Bertz CT molecular complexity index is 442. The Morgan fingerprint density at radius 1 is 1.09 bits per heavy atom. The van der Waals surface area contributed by atoms with Gasteiger partial charge in [0, 0.05) is 45.0 Å². The average Bonchev–Trinajstić information content (AvgIpc) is 2.56. The molecule has 2 aliphatic heterocycles. The molecule has 0 spiro atoms. The minimum absolute atomic E-state index is 0.325. The first-order valence-corrected chi connectivity index (χ1v) is 8.66. The molecule has 0 radical (unpaired) electrons. The molecule has 1 atom stereocenters. The van der Waals surface area contributed by atoms with Gasteiger partial charge in [-0.2, -0.15) is 0 Å². The van der Waals surface area contributed by atoms with Crippen LogP contribution < -0.4 is 10.2 Å². The first kappa shape index (κ1) is 15.8. The lowest BCUT2D eigenvalue weighted by Crippen LogP contribution is -2.44. The van der Waals surface area contributed by atoms with E-state index in [1.807, 2.05) is 0 Å². The van der Waals surface area contributed by atoms with Gasteiger partial charge in [-0.1, -0.05) is 12.1 Å². The largest absolute Gasteiger partial charge is 0.374 e. The standard InChI is InChI=1S/C18H29N3O/c1-20-11-12-22-18(15-20)14-19-13-16-5-7-17(8-6-16)21-9-3-2-4-10-21/h5-8,18-19H,2-4,9-15H2,1H3/t18-/m0/s1.